The van der Waals surface area contributed by atoms with Gasteiger partial charge in [-0.1, -0.05) is 12.1 Å². The van der Waals surface area contributed by atoms with Crippen molar-refractivity contribution in [2.45, 2.75) is 19.8 Å². The number of benzene rings is 2. The zero-order chi connectivity index (χ0) is 30.0. The molecule has 0 unspecified atom stereocenters. The molecule has 11 nitrogen and oxygen atoms in total. The third-order valence-corrected chi connectivity index (χ3v) is 5.56. The van der Waals surface area contributed by atoms with E-state index < -0.39 is 17.9 Å². The molecular formula is C27H27I3N4O7. The van der Waals surface area contributed by atoms with Gasteiger partial charge in [-0.05, 0) is 43.3 Å². The van der Waals surface area contributed by atoms with Crippen LogP contribution in [0.5, 0.6) is 0 Å². The quantitative estimate of drug-likeness (QED) is 0.261. The number of ether oxygens (including phenoxy) is 2. The van der Waals surface area contributed by atoms with Crippen molar-refractivity contribution in [2.24, 2.45) is 21.5 Å². The largest absolute Gasteiger partial charge is 0.478 e. The van der Waals surface area contributed by atoms with Gasteiger partial charge in [-0.2, -0.15) is 0 Å². The van der Waals surface area contributed by atoms with Gasteiger partial charge in [-0.15, -0.1) is 24.0 Å². The second-order valence-corrected chi connectivity index (χ2v) is 8.29. The number of esters is 2. The van der Waals surface area contributed by atoms with Gasteiger partial charge in [-0.25, -0.2) is 24.4 Å². The third kappa shape index (κ3) is 10.2. The van der Waals surface area contributed by atoms with Crippen molar-refractivity contribution in [1.29, 1.82) is 0 Å². The van der Waals surface area contributed by atoms with Gasteiger partial charge < -0.3 is 26.0 Å². The Morgan fingerprint density at radius 2 is 1.17 bits per heavy atom. The monoisotopic (exact) mass is 900 g/mol. The molecule has 2 aliphatic heterocycles. The molecule has 5 N–H and O–H groups in total. The number of aliphatic imine (C=N–C) groups is 2. The number of hydrogen-bond acceptors (Lipinski definition) is 10. The van der Waals surface area contributed by atoms with E-state index in [0.29, 0.717) is 45.9 Å². The number of nitrogens with two attached hydrogens (primary N) is 2. The maximum absolute atomic E-state index is 11.5. The van der Waals surface area contributed by atoms with Gasteiger partial charge in [0.1, 0.15) is 11.7 Å². The van der Waals surface area contributed by atoms with E-state index in [1.165, 1.54) is 33.3 Å². The zero-order valence-electron chi connectivity index (χ0n) is 22.1. The van der Waals surface area contributed by atoms with Crippen LogP contribution in [0.3, 0.4) is 0 Å². The van der Waals surface area contributed by atoms with E-state index in [1.807, 2.05) is 0 Å². The van der Waals surface area contributed by atoms with Crippen molar-refractivity contribution in [3.63, 3.8) is 0 Å². The summed E-state index contributed by atoms with van der Waals surface area (Å²) in [5.74, 6) is -1.46. The number of halogens is 3. The van der Waals surface area contributed by atoms with Gasteiger partial charge in [0.2, 0.25) is 0 Å². The molecule has 0 aliphatic carbocycles. The molecule has 0 saturated carbocycles. The molecule has 2 aromatic rings. The van der Waals surface area contributed by atoms with Crippen molar-refractivity contribution < 1.29 is 33.8 Å². The highest BCUT2D eigenvalue weighted by molar-refractivity contribution is 15.0. The number of fused-ring (bicyclic) bond motifs is 2. The van der Waals surface area contributed by atoms with Crippen LogP contribution >= 0.6 is 61.2 Å². The number of Topliss-reactive ketones (excluding diaryl/α,β-unsaturated/α-hetero) is 1. The summed E-state index contributed by atoms with van der Waals surface area (Å²) in [5.41, 5.74) is 15.3. The van der Waals surface area contributed by atoms with Crippen LogP contribution in [-0.4, -0.2) is 54.7 Å². The lowest BCUT2D eigenvalue weighted by molar-refractivity contribution is -0.132. The standard InChI is InChI=1S/C14H14N2O3.C13H12N2O4.I2.HI/c1-8(17)11-5-9-3-4-10(14(18)19-2)6-12(9)16-13(15)7-11;1-19-13(18)8-3-2-7-4-9(12(16)17)6-11(14)15-10(7)5-8;1-2;/h3-6H,7H2,1-2H3,(H2,15,16);2-5H,6H2,1H3,(H2,14,15)(H,16,17);;1H. The average Bonchev–Trinajstić information content (AvgIpc) is 3.22. The summed E-state index contributed by atoms with van der Waals surface area (Å²) in [6, 6.07) is 9.66. The van der Waals surface area contributed by atoms with E-state index in [1.54, 1.807) is 36.4 Å². The molecule has 2 aromatic carbocycles. The summed E-state index contributed by atoms with van der Waals surface area (Å²) in [6.45, 7) is 1.49. The predicted octanol–water partition coefficient (Wildman–Crippen LogP) is 5.56. The molecule has 0 bridgehead atoms. The maximum Gasteiger partial charge on any atom is 0.337 e. The van der Waals surface area contributed by atoms with Crippen LogP contribution in [0.4, 0.5) is 11.4 Å². The maximum atomic E-state index is 11.5. The number of rotatable bonds is 4. The molecule has 14 heteroatoms. The Morgan fingerprint density at radius 3 is 1.54 bits per heavy atom. The van der Waals surface area contributed by atoms with E-state index in [9.17, 15) is 19.2 Å². The summed E-state index contributed by atoms with van der Waals surface area (Å²) in [5, 5.41) is 9.03. The molecule has 0 amide bonds. The van der Waals surface area contributed by atoms with E-state index in [0.717, 1.165) is 5.56 Å². The fourth-order valence-electron chi connectivity index (χ4n) is 3.63. The molecule has 218 valence electrons. The molecule has 0 radical (unpaired) electrons. The lowest BCUT2D eigenvalue weighted by atomic mass is 10.0. The summed E-state index contributed by atoms with van der Waals surface area (Å²) < 4.78 is 9.27. The second kappa shape index (κ2) is 17.2. The summed E-state index contributed by atoms with van der Waals surface area (Å²) in [7, 11) is 2.60. The Balaban J connectivity index is 0.000000378. The SMILES string of the molecule is COC(=O)c1ccc2c(c1)N=C(N)CC(C(=O)O)=C2.COC(=O)c1ccc2c(c1)N=C(N)CC(C(C)=O)=C2.I.II. The first-order valence-corrected chi connectivity index (χ1v) is 17.7. The van der Waals surface area contributed by atoms with Gasteiger partial charge in [-0.3, -0.25) is 4.79 Å². The molecule has 0 saturated heterocycles. The number of carbonyl (C=O) groups is 4. The van der Waals surface area contributed by atoms with Crippen LogP contribution < -0.4 is 11.5 Å². The Labute approximate surface area is 276 Å². The highest BCUT2D eigenvalue weighted by Gasteiger charge is 2.17. The number of amidine groups is 2. The molecule has 0 fully saturated rings. The van der Waals surface area contributed by atoms with E-state index in [2.05, 4.69) is 56.7 Å². The van der Waals surface area contributed by atoms with Gasteiger partial charge >= 0.3 is 17.9 Å². The van der Waals surface area contributed by atoms with Crippen molar-refractivity contribution in [1.82, 2.24) is 0 Å². The summed E-state index contributed by atoms with van der Waals surface area (Å²) >= 11 is 4.24. The van der Waals surface area contributed by atoms with E-state index in [4.69, 9.17) is 16.6 Å². The molecular weight excluding hydrogens is 873 g/mol. The summed E-state index contributed by atoms with van der Waals surface area (Å²) in [6.07, 6.45) is 3.64. The van der Waals surface area contributed by atoms with E-state index in [-0.39, 0.29) is 47.6 Å². The van der Waals surface area contributed by atoms with Crippen LogP contribution in [0.25, 0.3) is 12.2 Å². The van der Waals surface area contributed by atoms with Gasteiger partial charge in [0.25, 0.3) is 0 Å². The Bertz CT molecular complexity index is 1360. The van der Waals surface area contributed by atoms with Crippen LogP contribution in [0.1, 0.15) is 51.6 Å². The Morgan fingerprint density at radius 1 is 0.780 bits per heavy atom. The topological polar surface area (TPSA) is 184 Å². The number of carbonyl (C=O) groups excluding carboxylic acids is 3. The Kier molecular flexibility index (Phi) is 15.1. The molecule has 0 aromatic heterocycles. The minimum Gasteiger partial charge on any atom is -0.478 e. The van der Waals surface area contributed by atoms with Gasteiger partial charge in [0.05, 0.1) is 36.7 Å². The Hall–Kier alpha value is -2.87. The van der Waals surface area contributed by atoms with Crippen LogP contribution in [0, 0.1) is 0 Å². The first-order chi connectivity index (χ1) is 19.0. The fourth-order valence-corrected chi connectivity index (χ4v) is 3.63. The number of methoxy groups -OCH3 is 2. The minimum absolute atomic E-state index is 0. The van der Waals surface area contributed by atoms with Crippen LogP contribution in [0.15, 0.2) is 57.5 Å². The average molecular weight is 900 g/mol. The second-order valence-electron chi connectivity index (χ2n) is 8.29. The lowest BCUT2D eigenvalue weighted by Crippen LogP contribution is -2.14. The number of aliphatic carboxylic acids is 1. The van der Waals surface area contributed by atoms with Crippen molar-refractivity contribution >= 4 is 120 Å². The van der Waals surface area contributed by atoms with Gasteiger partial charge in [0, 0.05) is 72.3 Å². The molecule has 4 rings (SSSR count). The number of ketones is 1. The predicted molar refractivity (Wildman–Crippen MR) is 185 cm³/mol. The first kappa shape index (κ1) is 36.2. The molecule has 0 spiro atoms. The molecule has 41 heavy (non-hydrogen) atoms. The van der Waals surface area contributed by atoms with Crippen molar-refractivity contribution in [3.8, 4) is 0 Å². The third-order valence-electron chi connectivity index (χ3n) is 5.56. The first-order valence-electron chi connectivity index (χ1n) is 11.4. The van der Waals surface area contributed by atoms with Crippen LogP contribution in [-0.2, 0) is 19.1 Å². The molecule has 0 atom stereocenters. The van der Waals surface area contributed by atoms with Crippen molar-refractivity contribution in [3.05, 3.63) is 69.8 Å². The molecule has 2 aliphatic rings. The lowest BCUT2D eigenvalue weighted by Gasteiger charge is -2.03. The minimum atomic E-state index is -1.04. The number of nitrogens with zero attached hydrogens (tertiary/aromatic N) is 2. The summed E-state index contributed by atoms with van der Waals surface area (Å²) in [4.78, 5) is 53.8. The molecule has 2 heterocycles. The zero-order valence-corrected chi connectivity index (χ0v) is 28.8. The normalized spacial score (nSPS) is 12.9. The number of hydrogen-bond donors (Lipinski definition) is 3. The smallest absolute Gasteiger partial charge is 0.337 e. The van der Waals surface area contributed by atoms with Crippen molar-refractivity contribution in [2.75, 3.05) is 14.2 Å². The highest BCUT2D eigenvalue weighted by Crippen LogP contribution is 2.29. The highest BCUT2D eigenvalue weighted by atomic mass is 128. The van der Waals surface area contributed by atoms with Gasteiger partial charge in [0.15, 0.2) is 5.78 Å². The number of carboxylic acids is 1. The van der Waals surface area contributed by atoms with Crippen LogP contribution in [0.2, 0.25) is 0 Å². The van der Waals surface area contributed by atoms with E-state index >= 15 is 0 Å². The fraction of sp³-hybridized carbons (Fsp3) is 0.185. The number of carboxylic acid groups (broad SMARTS) is 1.